The molecule has 0 spiro atoms. The van der Waals surface area contributed by atoms with Crippen molar-refractivity contribution in [3.8, 4) is 6.07 Å². The maximum atomic E-state index is 12.5. The number of benzene rings is 2. The van der Waals surface area contributed by atoms with E-state index in [1.165, 1.54) is 36.5 Å². The highest BCUT2D eigenvalue weighted by Gasteiger charge is 2.16. The van der Waals surface area contributed by atoms with Crippen LogP contribution in [-0.2, 0) is 10.0 Å². The maximum absolute atomic E-state index is 12.5. The Balaban J connectivity index is 1.80. The fourth-order valence-corrected chi connectivity index (χ4v) is 3.42. The molecule has 2 N–H and O–H groups in total. The van der Waals surface area contributed by atoms with Crippen molar-refractivity contribution in [3.05, 3.63) is 71.6 Å². The second kappa shape index (κ2) is 7.31. The summed E-state index contributed by atoms with van der Waals surface area (Å²) in [5.41, 5.74) is 1.18. The summed E-state index contributed by atoms with van der Waals surface area (Å²) in [5.74, 6) is -0.0442. The van der Waals surface area contributed by atoms with Crippen LogP contribution < -0.4 is 10.0 Å². The second-order valence-electron chi connectivity index (χ2n) is 5.58. The largest absolute Gasteiger partial charge is 0.361 e. The lowest BCUT2D eigenvalue weighted by Crippen LogP contribution is -2.14. The summed E-state index contributed by atoms with van der Waals surface area (Å²) in [6, 6.07) is 13.8. The van der Waals surface area contributed by atoms with Gasteiger partial charge in [0, 0.05) is 5.69 Å². The van der Waals surface area contributed by atoms with Gasteiger partial charge in [-0.3, -0.25) is 9.52 Å². The molecule has 8 nitrogen and oxygen atoms in total. The highest BCUT2D eigenvalue weighted by atomic mass is 32.2. The number of nitrogens with one attached hydrogen (secondary N) is 2. The first-order valence-electron chi connectivity index (χ1n) is 7.75. The quantitative estimate of drug-likeness (QED) is 0.699. The van der Waals surface area contributed by atoms with Crippen molar-refractivity contribution < 1.29 is 17.7 Å². The van der Waals surface area contributed by atoms with Crippen LogP contribution in [0.1, 0.15) is 21.7 Å². The van der Waals surface area contributed by atoms with E-state index >= 15 is 0 Å². The Kier molecular flexibility index (Phi) is 4.92. The van der Waals surface area contributed by atoms with E-state index in [0.717, 1.165) is 0 Å². The average Bonchev–Trinajstić information content (AvgIpc) is 3.08. The van der Waals surface area contributed by atoms with Gasteiger partial charge in [0.25, 0.3) is 15.9 Å². The highest BCUT2D eigenvalue weighted by molar-refractivity contribution is 7.92. The predicted octanol–water partition coefficient (Wildman–Crippen LogP) is 2.91. The normalized spacial score (nSPS) is 10.8. The molecule has 9 heteroatoms. The minimum atomic E-state index is -3.88. The molecule has 0 saturated heterocycles. The number of aryl methyl sites for hydroxylation is 1. The summed E-state index contributed by atoms with van der Waals surface area (Å²) in [4.78, 5) is 12.2. The van der Waals surface area contributed by atoms with Crippen LogP contribution in [0.5, 0.6) is 0 Å². The number of amides is 1. The molecule has 0 aliphatic heterocycles. The zero-order valence-corrected chi connectivity index (χ0v) is 14.9. The predicted molar refractivity (Wildman–Crippen MR) is 97.6 cm³/mol. The summed E-state index contributed by atoms with van der Waals surface area (Å²) < 4.78 is 32.3. The second-order valence-corrected chi connectivity index (χ2v) is 7.26. The van der Waals surface area contributed by atoms with E-state index in [4.69, 9.17) is 9.78 Å². The number of hydrogen-bond acceptors (Lipinski definition) is 6. The minimum Gasteiger partial charge on any atom is -0.361 e. The van der Waals surface area contributed by atoms with E-state index in [1.807, 2.05) is 6.07 Å². The van der Waals surface area contributed by atoms with E-state index in [-0.39, 0.29) is 21.7 Å². The standard InChI is InChI=1S/C18H14N4O4S/c1-12-17(11-20-26-12)18(23)21-14-5-3-6-15(9-14)22-27(24,25)16-7-2-4-13(8-16)10-19/h2-9,11,22H,1H3,(H,21,23). The smallest absolute Gasteiger partial charge is 0.261 e. The van der Waals surface area contributed by atoms with Crippen molar-refractivity contribution in [1.82, 2.24) is 5.16 Å². The van der Waals surface area contributed by atoms with Crippen LogP contribution in [0.4, 0.5) is 11.4 Å². The molecule has 0 radical (unpaired) electrons. The molecule has 3 rings (SSSR count). The first-order chi connectivity index (χ1) is 12.9. The molecule has 0 atom stereocenters. The van der Waals surface area contributed by atoms with E-state index in [0.29, 0.717) is 11.4 Å². The van der Waals surface area contributed by atoms with Crippen LogP contribution in [0.3, 0.4) is 0 Å². The number of anilines is 2. The van der Waals surface area contributed by atoms with E-state index in [1.54, 1.807) is 25.1 Å². The number of nitriles is 1. The van der Waals surface area contributed by atoms with Crippen molar-refractivity contribution in [2.45, 2.75) is 11.8 Å². The van der Waals surface area contributed by atoms with Gasteiger partial charge in [-0.25, -0.2) is 8.42 Å². The van der Waals surface area contributed by atoms with Gasteiger partial charge < -0.3 is 9.84 Å². The molecule has 136 valence electrons. The molecule has 1 amide bonds. The third-order valence-electron chi connectivity index (χ3n) is 3.64. The molecule has 1 aromatic heterocycles. The van der Waals surface area contributed by atoms with Crippen molar-refractivity contribution in [1.29, 1.82) is 5.26 Å². The fraction of sp³-hybridized carbons (Fsp3) is 0.0556. The van der Waals surface area contributed by atoms with Crippen LogP contribution in [0.25, 0.3) is 0 Å². The summed E-state index contributed by atoms with van der Waals surface area (Å²) in [7, 11) is -3.88. The van der Waals surface area contributed by atoms with Gasteiger partial charge in [0.15, 0.2) is 0 Å². The lowest BCUT2D eigenvalue weighted by molar-refractivity contribution is 0.102. The minimum absolute atomic E-state index is 0.0314. The molecule has 0 unspecified atom stereocenters. The van der Waals surface area contributed by atoms with Gasteiger partial charge in [0.1, 0.15) is 11.3 Å². The third kappa shape index (κ3) is 4.13. The van der Waals surface area contributed by atoms with Crippen molar-refractivity contribution >= 4 is 27.3 Å². The molecule has 0 fully saturated rings. The van der Waals surface area contributed by atoms with Crippen LogP contribution in [0.15, 0.2) is 64.1 Å². The lowest BCUT2D eigenvalue weighted by Gasteiger charge is -2.10. The topological polar surface area (TPSA) is 125 Å². The Morgan fingerprint density at radius 2 is 1.89 bits per heavy atom. The molecule has 3 aromatic rings. The van der Waals surface area contributed by atoms with E-state index in [2.05, 4.69) is 15.2 Å². The van der Waals surface area contributed by atoms with Crippen molar-refractivity contribution in [2.75, 3.05) is 10.0 Å². The Labute approximate surface area is 155 Å². The van der Waals surface area contributed by atoms with Crippen molar-refractivity contribution in [3.63, 3.8) is 0 Å². The molecule has 0 aliphatic rings. The lowest BCUT2D eigenvalue weighted by atomic mass is 10.2. The van der Waals surface area contributed by atoms with Crippen LogP contribution in [0, 0.1) is 18.3 Å². The molecule has 0 bridgehead atoms. The zero-order chi connectivity index (χ0) is 19.4. The Bertz CT molecular complexity index is 1150. The Morgan fingerprint density at radius 3 is 2.59 bits per heavy atom. The molecular weight excluding hydrogens is 368 g/mol. The van der Waals surface area contributed by atoms with Crippen molar-refractivity contribution in [2.24, 2.45) is 0 Å². The van der Waals surface area contributed by atoms with Gasteiger partial charge in [-0.2, -0.15) is 5.26 Å². The number of aromatic nitrogens is 1. The monoisotopic (exact) mass is 382 g/mol. The highest BCUT2D eigenvalue weighted by Crippen LogP contribution is 2.21. The summed E-state index contributed by atoms with van der Waals surface area (Å²) >= 11 is 0. The summed E-state index contributed by atoms with van der Waals surface area (Å²) in [5, 5.41) is 15.1. The number of rotatable bonds is 5. The number of carbonyl (C=O) groups excluding carboxylic acids is 1. The molecule has 0 saturated carbocycles. The van der Waals surface area contributed by atoms with Gasteiger partial charge in [0.2, 0.25) is 0 Å². The number of nitrogens with zero attached hydrogens (tertiary/aromatic N) is 2. The van der Waals surface area contributed by atoms with Gasteiger partial charge >= 0.3 is 0 Å². The molecule has 1 heterocycles. The number of sulfonamides is 1. The van der Waals surface area contributed by atoms with E-state index < -0.39 is 15.9 Å². The Morgan fingerprint density at radius 1 is 1.15 bits per heavy atom. The van der Waals surface area contributed by atoms with Crippen LogP contribution >= 0.6 is 0 Å². The first kappa shape index (κ1) is 18.2. The number of carbonyl (C=O) groups is 1. The fourth-order valence-electron chi connectivity index (χ4n) is 2.32. The van der Waals surface area contributed by atoms with Gasteiger partial charge in [-0.05, 0) is 43.3 Å². The maximum Gasteiger partial charge on any atom is 0.261 e. The molecule has 27 heavy (non-hydrogen) atoms. The van der Waals surface area contributed by atoms with Gasteiger partial charge in [-0.15, -0.1) is 0 Å². The third-order valence-corrected chi connectivity index (χ3v) is 5.02. The number of hydrogen-bond donors (Lipinski definition) is 2. The summed E-state index contributed by atoms with van der Waals surface area (Å²) in [6.45, 7) is 1.61. The van der Waals surface area contributed by atoms with Crippen LogP contribution in [0.2, 0.25) is 0 Å². The summed E-state index contributed by atoms with van der Waals surface area (Å²) in [6.07, 6.45) is 1.30. The zero-order valence-electron chi connectivity index (χ0n) is 14.1. The first-order valence-corrected chi connectivity index (χ1v) is 9.23. The molecule has 2 aromatic carbocycles. The molecular formula is C18H14N4O4S. The van der Waals surface area contributed by atoms with Gasteiger partial charge in [-0.1, -0.05) is 17.3 Å². The average molecular weight is 382 g/mol. The van der Waals surface area contributed by atoms with Gasteiger partial charge in [0.05, 0.1) is 28.4 Å². The van der Waals surface area contributed by atoms with Crippen LogP contribution in [-0.4, -0.2) is 19.5 Å². The Hall–Kier alpha value is -3.64. The SMILES string of the molecule is Cc1oncc1C(=O)Nc1cccc(NS(=O)(=O)c2cccc(C#N)c2)c1. The van der Waals surface area contributed by atoms with E-state index in [9.17, 15) is 13.2 Å². The molecule has 0 aliphatic carbocycles.